The maximum absolute atomic E-state index is 12.5. The average Bonchev–Trinajstić information content (AvgIpc) is 2.73. The lowest BCUT2D eigenvalue weighted by Gasteiger charge is -2.27. The summed E-state index contributed by atoms with van der Waals surface area (Å²) < 4.78 is 36.2. The molecule has 1 amide bonds. The molecule has 2 rings (SSSR count). The summed E-state index contributed by atoms with van der Waals surface area (Å²) in [4.78, 5) is 12.5. The van der Waals surface area contributed by atoms with Crippen LogP contribution in [0.3, 0.4) is 0 Å². The number of ether oxygens (including phenoxy) is 2. The van der Waals surface area contributed by atoms with Crippen LogP contribution in [-0.2, 0) is 14.8 Å². The van der Waals surface area contributed by atoms with Crippen molar-refractivity contribution in [1.82, 2.24) is 5.43 Å². The normalized spacial score (nSPS) is 12.1. The van der Waals surface area contributed by atoms with Gasteiger partial charge in [-0.2, -0.15) is 10.4 Å². The third-order valence-corrected chi connectivity index (χ3v) is 5.30. The second-order valence-corrected chi connectivity index (χ2v) is 8.27. The predicted molar refractivity (Wildman–Crippen MR) is 118 cm³/mol. The molecule has 0 heterocycles. The third-order valence-electron chi connectivity index (χ3n) is 4.06. The van der Waals surface area contributed by atoms with Crippen LogP contribution in [-0.4, -0.2) is 46.1 Å². The largest absolute Gasteiger partial charge is 0.494 e. The Bertz CT molecular complexity index is 1040. The number of benzene rings is 2. The topological polar surface area (TPSA) is 121 Å². The maximum Gasteiger partial charge on any atom is 0.263 e. The number of hydrogen-bond acceptors (Lipinski definition) is 7. The number of carbonyl (C=O) groups is 1. The van der Waals surface area contributed by atoms with E-state index in [0.717, 1.165) is 10.6 Å². The number of nitrogens with one attached hydrogen (secondary N) is 1. The number of anilines is 1. The first-order valence-corrected chi connectivity index (χ1v) is 11.3. The Hall–Kier alpha value is -3.58. The monoisotopic (exact) mass is 444 g/mol. The number of sulfonamides is 1. The molecule has 164 valence electrons. The van der Waals surface area contributed by atoms with Crippen molar-refractivity contribution in [2.75, 3.05) is 23.8 Å². The smallest absolute Gasteiger partial charge is 0.263 e. The van der Waals surface area contributed by atoms with Gasteiger partial charge in [-0.25, -0.2) is 13.8 Å². The van der Waals surface area contributed by atoms with Crippen molar-refractivity contribution in [1.29, 1.82) is 5.26 Å². The van der Waals surface area contributed by atoms with E-state index in [-0.39, 0.29) is 6.61 Å². The number of amides is 1. The zero-order chi connectivity index (χ0) is 22.9. The van der Waals surface area contributed by atoms with Crippen LogP contribution >= 0.6 is 0 Å². The van der Waals surface area contributed by atoms with E-state index < -0.39 is 22.0 Å². The van der Waals surface area contributed by atoms with Crippen LogP contribution in [0.25, 0.3) is 0 Å². The van der Waals surface area contributed by atoms with Gasteiger partial charge in [0.1, 0.15) is 23.6 Å². The minimum absolute atomic E-state index is 0.0490. The minimum Gasteiger partial charge on any atom is -0.494 e. The SMILES string of the molecule is CCOc1ccc(N([C@@H](C)C(=O)N/N=C\c2ccc(OCC#N)cc2)S(C)(=O)=O)cc1. The van der Waals surface area contributed by atoms with Crippen molar-refractivity contribution in [3.05, 3.63) is 54.1 Å². The first-order valence-electron chi connectivity index (χ1n) is 9.41. The average molecular weight is 445 g/mol. The molecule has 10 heteroatoms. The van der Waals surface area contributed by atoms with Crippen LogP contribution in [0.1, 0.15) is 19.4 Å². The van der Waals surface area contributed by atoms with Gasteiger partial charge in [0, 0.05) is 0 Å². The first-order chi connectivity index (χ1) is 14.8. The van der Waals surface area contributed by atoms with E-state index in [1.807, 2.05) is 13.0 Å². The molecular weight excluding hydrogens is 420 g/mol. The quantitative estimate of drug-likeness (QED) is 0.443. The summed E-state index contributed by atoms with van der Waals surface area (Å²) in [6.07, 6.45) is 2.45. The van der Waals surface area contributed by atoms with Crippen LogP contribution < -0.4 is 19.2 Å². The second kappa shape index (κ2) is 11.0. The van der Waals surface area contributed by atoms with E-state index in [1.54, 1.807) is 48.5 Å². The summed E-state index contributed by atoms with van der Waals surface area (Å²) in [5.41, 5.74) is 3.38. The third kappa shape index (κ3) is 7.01. The summed E-state index contributed by atoms with van der Waals surface area (Å²) in [5, 5.41) is 12.4. The molecule has 0 aromatic heterocycles. The fourth-order valence-corrected chi connectivity index (χ4v) is 3.87. The Kier molecular flexibility index (Phi) is 8.40. The van der Waals surface area contributed by atoms with E-state index >= 15 is 0 Å². The van der Waals surface area contributed by atoms with Crippen LogP contribution in [0.2, 0.25) is 0 Å². The Balaban J connectivity index is 2.07. The van der Waals surface area contributed by atoms with E-state index in [2.05, 4.69) is 10.5 Å². The molecule has 9 nitrogen and oxygen atoms in total. The van der Waals surface area contributed by atoms with Gasteiger partial charge in [0.25, 0.3) is 5.91 Å². The van der Waals surface area contributed by atoms with Crippen molar-refractivity contribution < 1.29 is 22.7 Å². The number of carbonyl (C=O) groups excluding carboxylic acids is 1. The Morgan fingerprint density at radius 3 is 2.29 bits per heavy atom. The molecule has 0 radical (unpaired) electrons. The minimum atomic E-state index is -3.73. The van der Waals surface area contributed by atoms with Crippen LogP contribution in [0.15, 0.2) is 53.6 Å². The van der Waals surface area contributed by atoms with Crippen molar-refractivity contribution in [3.8, 4) is 17.6 Å². The van der Waals surface area contributed by atoms with Crippen LogP contribution in [0.4, 0.5) is 5.69 Å². The molecule has 0 fully saturated rings. The number of nitriles is 1. The number of rotatable bonds is 10. The van der Waals surface area contributed by atoms with Crippen molar-refractivity contribution in [2.45, 2.75) is 19.9 Å². The highest BCUT2D eigenvalue weighted by Gasteiger charge is 2.29. The van der Waals surface area contributed by atoms with Gasteiger partial charge in [0.05, 0.1) is 24.8 Å². The van der Waals surface area contributed by atoms with E-state index in [0.29, 0.717) is 29.4 Å². The van der Waals surface area contributed by atoms with Crippen molar-refractivity contribution in [3.63, 3.8) is 0 Å². The van der Waals surface area contributed by atoms with Gasteiger partial charge in [-0.1, -0.05) is 0 Å². The fraction of sp³-hybridized carbons (Fsp3) is 0.286. The molecule has 0 saturated carbocycles. The summed E-state index contributed by atoms with van der Waals surface area (Å²) in [5.74, 6) is 0.547. The Labute approximate surface area is 181 Å². The maximum atomic E-state index is 12.5. The lowest BCUT2D eigenvalue weighted by atomic mass is 10.2. The van der Waals surface area contributed by atoms with Crippen molar-refractivity contribution in [2.24, 2.45) is 5.10 Å². The lowest BCUT2D eigenvalue weighted by molar-refractivity contribution is -0.121. The second-order valence-electron chi connectivity index (χ2n) is 6.41. The summed E-state index contributed by atoms with van der Waals surface area (Å²) in [6.45, 7) is 3.76. The molecule has 0 saturated heterocycles. The lowest BCUT2D eigenvalue weighted by Crippen LogP contribution is -2.46. The van der Waals surface area contributed by atoms with Crippen molar-refractivity contribution >= 4 is 27.8 Å². The molecule has 0 aliphatic heterocycles. The highest BCUT2D eigenvalue weighted by atomic mass is 32.2. The molecule has 31 heavy (non-hydrogen) atoms. The van der Waals surface area contributed by atoms with Gasteiger partial charge in [-0.05, 0) is 67.9 Å². The van der Waals surface area contributed by atoms with E-state index in [4.69, 9.17) is 14.7 Å². The van der Waals surface area contributed by atoms with Gasteiger partial charge < -0.3 is 9.47 Å². The summed E-state index contributed by atoms with van der Waals surface area (Å²) in [6, 6.07) is 14.0. The molecule has 0 aliphatic carbocycles. The zero-order valence-corrected chi connectivity index (χ0v) is 18.3. The molecule has 0 aliphatic rings. The van der Waals surface area contributed by atoms with Crippen LogP contribution in [0.5, 0.6) is 11.5 Å². The van der Waals surface area contributed by atoms with Crippen LogP contribution in [0, 0.1) is 11.3 Å². The number of hydrazone groups is 1. The number of hydrogen-bond donors (Lipinski definition) is 1. The molecule has 2 aromatic rings. The highest BCUT2D eigenvalue weighted by Crippen LogP contribution is 2.24. The molecule has 1 N–H and O–H groups in total. The zero-order valence-electron chi connectivity index (χ0n) is 17.5. The molecule has 0 spiro atoms. The number of nitrogens with zero attached hydrogens (tertiary/aromatic N) is 3. The fourth-order valence-electron chi connectivity index (χ4n) is 2.69. The molecule has 0 bridgehead atoms. The Morgan fingerprint density at radius 2 is 1.74 bits per heavy atom. The van der Waals surface area contributed by atoms with Gasteiger partial charge in [-0.3, -0.25) is 9.10 Å². The summed E-state index contributed by atoms with van der Waals surface area (Å²) >= 11 is 0. The van der Waals surface area contributed by atoms with Gasteiger partial charge in [0.15, 0.2) is 6.61 Å². The van der Waals surface area contributed by atoms with Gasteiger partial charge in [0.2, 0.25) is 10.0 Å². The van der Waals surface area contributed by atoms with Gasteiger partial charge >= 0.3 is 0 Å². The van der Waals surface area contributed by atoms with E-state index in [1.165, 1.54) is 13.1 Å². The molecular formula is C21H24N4O5S. The molecule has 1 atom stereocenters. The molecule has 2 aromatic carbocycles. The van der Waals surface area contributed by atoms with Gasteiger partial charge in [-0.15, -0.1) is 0 Å². The highest BCUT2D eigenvalue weighted by molar-refractivity contribution is 7.92. The molecule has 0 unspecified atom stereocenters. The Morgan fingerprint density at radius 1 is 1.16 bits per heavy atom. The first kappa shape index (κ1) is 23.7. The summed E-state index contributed by atoms with van der Waals surface area (Å²) in [7, 11) is -3.73. The van der Waals surface area contributed by atoms with E-state index in [9.17, 15) is 13.2 Å². The predicted octanol–water partition coefficient (Wildman–Crippen LogP) is 2.29. The standard InChI is InChI=1S/C21H24N4O5S/c1-4-29-19-11-7-18(8-12-19)25(31(3,27)28)16(2)21(26)24-23-15-17-5-9-20(10-6-17)30-14-13-22/h5-12,15-16H,4,14H2,1-3H3,(H,24,26)/b23-15-/t16-/m0/s1.